The number of aryl methyl sites for hydroxylation is 1. The van der Waals surface area contributed by atoms with Crippen LogP contribution in [-0.4, -0.2) is 23.3 Å². The highest BCUT2D eigenvalue weighted by Gasteiger charge is 2.04. The second-order valence-electron chi connectivity index (χ2n) is 4.08. The van der Waals surface area contributed by atoms with Gasteiger partial charge in [-0.3, -0.25) is 0 Å². The third kappa shape index (κ3) is 3.09. The summed E-state index contributed by atoms with van der Waals surface area (Å²) in [6, 6.07) is 10.4. The van der Waals surface area contributed by atoms with Crippen LogP contribution in [0.1, 0.15) is 11.4 Å². The molecule has 0 saturated carbocycles. The zero-order valence-corrected chi connectivity index (χ0v) is 11.7. The summed E-state index contributed by atoms with van der Waals surface area (Å²) in [6.07, 6.45) is 2.07. The van der Waals surface area contributed by atoms with E-state index in [2.05, 4.69) is 45.8 Å². The molecule has 0 amide bonds. The minimum atomic E-state index is 0.763. The number of nitrogens with zero attached hydrogens (tertiary/aromatic N) is 2. The first-order chi connectivity index (χ1) is 8.72. The molecule has 0 aliphatic carbocycles. The lowest BCUT2D eigenvalue weighted by molar-refractivity contribution is 0.785. The fourth-order valence-electron chi connectivity index (χ4n) is 1.77. The van der Waals surface area contributed by atoms with Crippen molar-refractivity contribution < 1.29 is 0 Å². The van der Waals surface area contributed by atoms with E-state index in [1.165, 1.54) is 4.90 Å². The van der Waals surface area contributed by atoms with E-state index in [0.717, 1.165) is 29.3 Å². The monoisotopic (exact) mass is 259 g/mol. The van der Waals surface area contributed by atoms with Crippen LogP contribution >= 0.6 is 11.8 Å². The van der Waals surface area contributed by atoms with E-state index < -0.39 is 0 Å². The van der Waals surface area contributed by atoms with E-state index in [0.29, 0.717) is 0 Å². The van der Waals surface area contributed by atoms with Crippen molar-refractivity contribution in [2.45, 2.75) is 18.4 Å². The summed E-state index contributed by atoms with van der Waals surface area (Å²) in [7, 11) is 1.92. The van der Waals surface area contributed by atoms with Gasteiger partial charge in [-0.15, -0.1) is 11.8 Å². The van der Waals surface area contributed by atoms with E-state index in [1.807, 2.05) is 20.0 Å². The molecule has 0 spiro atoms. The van der Waals surface area contributed by atoms with Crippen LogP contribution in [-0.2, 0) is 6.54 Å². The zero-order valence-electron chi connectivity index (χ0n) is 10.9. The fraction of sp³-hybridized carbons (Fsp3) is 0.286. The summed E-state index contributed by atoms with van der Waals surface area (Å²) < 4.78 is 0. The fourth-order valence-corrected chi connectivity index (χ4v) is 2.18. The van der Waals surface area contributed by atoms with Crippen molar-refractivity contribution in [3.05, 3.63) is 41.7 Å². The molecule has 0 aliphatic heterocycles. The van der Waals surface area contributed by atoms with Gasteiger partial charge in [-0.1, -0.05) is 12.1 Å². The number of hydrogen-bond acceptors (Lipinski definition) is 4. The van der Waals surface area contributed by atoms with Crippen molar-refractivity contribution in [3.63, 3.8) is 0 Å². The molecule has 0 radical (unpaired) electrons. The van der Waals surface area contributed by atoms with E-state index in [1.54, 1.807) is 11.8 Å². The quantitative estimate of drug-likeness (QED) is 0.857. The molecule has 0 unspecified atom stereocenters. The predicted molar refractivity (Wildman–Crippen MR) is 76.7 cm³/mol. The second kappa shape index (κ2) is 5.98. The predicted octanol–water partition coefficient (Wildman–Crippen LogP) is 2.89. The normalized spacial score (nSPS) is 10.6. The topological polar surface area (TPSA) is 37.8 Å². The zero-order chi connectivity index (χ0) is 13.0. The summed E-state index contributed by atoms with van der Waals surface area (Å²) in [6.45, 7) is 2.76. The molecule has 0 saturated heterocycles. The summed E-state index contributed by atoms with van der Waals surface area (Å²) in [5.74, 6) is 0.799. The van der Waals surface area contributed by atoms with E-state index >= 15 is 0 Å². The first-order valence-corrected chi connectivity index (χ1v) is 7.09. The third-order valence-electron chi connectivity index (χ3n) is 2.61. The Morgan fingerprint density at radius 2 is 1.89 bits per heavy atom. The molecule has 1 aromatic heterocycles. The highest BCUT2D eigenvalue weighted by Crippen LogP contribution is 2.20. The number of nitrogens with one attached hydrogen (secondary N) is 1. The lowest BCUT2D eigenvalue weighted by Gasteiger charge is -2.06. The molecule has 3 nitrogen and oxygen atoms in total. The van der Waals surface area contributed by atoms with Crippen molar-refractivity contribution in [3.8, 4) is 11.4 Å². The van der Waals surface area contributed by atoms with Crippen LogP contribution in [0.2, 0.25) is 0 Å². The Hall–Kier alpha value is -1.39. The van der Waals surface area contributed by atoms with Gasteiger partial charge in [-0.25, -0.2) is 9.97 Å². The molecule has 1 heterocycles. The van der Waals surface area contributed by atoms with Crippen molar-refractivity contribution in [1.82, 2.24) is 15.3 Å². The molecule has 2 aromatic rings. The molecule has 0 atom stereocenters. The van der Waals surface area contributed by atoms with Gasteiger partial charge in [-0.05, 0) is 38.4 Å². The van der Waals surface area contributed by atoms with Crippen LogP contribution in [0.5, 0.6) is 0 Å². The highest BCUT2D eigenvalue weighted by molar-refractivity contribution is 7.98. The average molecular weight is 259 g/mol. The first-order valence-electron chi connectivity index (χ1n) is 5.86. The maximum Gasteiger partial charge on any atom is 0.159 e. The number of rotatable bonds is 4. The summed E-state index contributed by atoms with van der Waals surface area (Å²) >= 11 is 1.74. The molecule has 94 valence electrons. The summed E-state index contributed by atoms with van der Waals surface area (Å²) in [5, 5.41) is 3.11. The first kappa shape index (κ1) is 13.1. The Bertz CT molecular complexity index is 523. The third-order valence-corrected chi connectivity index (χ3v) is 3.36. The van der Waals surface area contributed by atoms with Gasteiger partial charge in [0.25, 0.3) is 0 Å². The molecule has 0 fully saturated rings. The van der Waals surface area contributed by atoms with Crippen LogP contribution in [0.15, 0.2) is 35.2 Å². The Morgan fingerprint density at radius 1 is 1.17 bits per heavy atom. The maximum atomic E-state index is 4.57. The van der Waals surface area contributed by atoms with Gasteiger partial charge in [-0.2, -0.15) is 0 Å². The average Bonchev–Trinajstić information content (AvgIpc) is 2.38. The Labute approximate surface area is 112 Å². The van der Waals surface area contributed by atoms with Crippen molar-refractivity contribution in [2.75, 3.05) is 13.3 Å². The molecule has 4 heteroatoms. The van der Waals surface area contributed by atoms with Gasteiger partial charge in [0, 0.05) is 22.7 Å². The number of thioether (sulfide) groups is 1. The largest absolute Gasteiger partial charge is 0.314 e. The van der Waals surface area contributed by atoms with Crippen molar-refractivity contribution in [1.29, 1.82) is 0 Å². The number of benzene rings is 1. The smallest absolute Gasteiger partial charge is 0.159 e. The van der Waals surface area contributed by atoms with Crippen LogP contribution in [0.25, 0.3) is 11.4 Å². The Morgan fingerprint density at radius 3 is 2.50 bits per heavy atom. The second-order valence-corrected chi connectivity index (χ2v) is 4.96. The van der Waals surface area contributed by atoms with E-state index in [9.17, 15) is 0 Å². The summed E-state index contributed by atoms with van der Waals surface area (Å²) in [4.78, 5) is 10.3. The molecule has 0 aliphatic rings. The maximum absolute atomic E-state index is 4.57. The Balaban J connectivity index is 2.36. The van der Waals surface area contributed by atoms with E-state index in [-0.39, 0.29) is 0 Å². The van der Waals surface area contributed by atoms with Crippen molar-refractivity contribution in [2.24, 2.45) is 0 Å². The van der Waals surface area contributed by atoms with Gasteiger partial charge in [0.2, 0.25) is 0 Å². The molecular formula is C14H17N3S. The van der Waals surface area contributed by atoms with Gasteiger partial charge >= 0.3 is 0 Å². The summed E-state index contributed by atoms with van der Waals surface area (Å²) in [5.41, 5.74) is 3.09. The molecule has 18 heavy (non-hydrogen) atoms. The number of hydrogen-bond donors (Lipinski definition) is 1. The molecule has 2 rings (SSSR count). The van der Waals surface area contributed by atoms with Crippen molar-refractivity contribution >= 4 is 11.8 Å². The molecular weight excluding hydrogens is 242 g/mol. The Kier molecular flexibility index (Phi) is 4.33. The lowest BCUT2D eigenvalue weighted by Crippen LogP contribution is -2.08. The SMILES string of the molecule is CNCc1cc(C)nc(-c2ccc(SC)cc2)n1. The molecule has 0 bridgehead atoms. The van der Waals surface area contributed by atoms with Crippen LogP contribution in [0, 0.1) is 6.92 Å². The highest BCUT2D eigenvalue weighted by atomic mass is 32.2. The van der Waals surface area contributed by atoms with Crippen LogP contribution in [0.4, 0.5) is 0 Å². The minimum absolute atomic E-state index is 0.763. The van der Waals surface area contributed by atoms with E-state index in [4.69, 9.17) is 0 Å². The number of aromatic nitrogens is 2. The minimum Gasteiger partial charge on any atom is -0.314 e. The van der Waals surface area contributed by atoms with Crippen LogP contribution < -0.4 is 5.32 Å². The van der Waals surface area contributed by atoms with Crippen LogP contribution in [0.3, 0.4) is 0 Å². The molecule has 1 N–H and O–H groups in total. The molecule has 1 aromatic carbocycles. The van der Waals surface area contributed by atoms with Gasteiger partial charge in [0.15, 0.2) is 5.82 Å². The van der Waals surface area contributed by atoms with Gasteiger partial charge < -0.3 is 5.32 Å². The lowest BCUT2D eigenvalue weighted by atomic mass is 10.2. The van der Waals surface area contributed by atoms with Gasteiger partial charge in [0.1, 0.15) is 0 Å². The van der Waals surface area contributed by atoms with Gasteiger partial charge in [0.05, 0.1) is 5.69 Å². The standard InChI is InChI=1S/C14H17N3S/c1-10-8-12(9-15-2)17-14(16-10)11-4-6-13(18-3)7-5-11/h4-8,15H,9H2,1-3H3.